The molecule has 0 atom stereocenters. The molecule has 0 unspecified atom stereocenters. The summed E-state index contributed by atoms with van der Waals surface area (Å²) in [5, 5.41) is 4.35. The van der Waals surface area contributed by atoms with Crippen LogP contribution in [-0.2, 0) is 7.05 Å². The van der Waals surface area contributed by atoms with E-state index in [0.717, 1.165) is 20.3 Å². The largest absolute Gasteiger partial charge is 0.469 e. The molecule has 0 N–H and O–H groups in total. The molecule has 29 heavy (non-hydrogen) atoms. The van der Waals surface area contributed by atoms with Crippen molar-refractivity contribution < 1.29 is 14.3 Å². The van der Waals surface area contributed by atoms with Gasteiger partial charge in [-0.1, -0.05) is 35.9 Å². The van der Waals surface area contributed by atoms with Crippen molar-refractivity contribution in [2.45, 2.75) is 27.7 Å². The number of halogens is 1. The fourth-order valence-corrected chi connectivity index (χ4v) is 3.96. The maximum atomic E-state index is 13.3. The first-order chi connectivity index (χ1) is 13.7. The van der Waals surface area contributed by atoms with E-state index in [1.54, 1.807) is 26.1 Å². The lowest BCUT2D eigenvalue weighted by molar-refractivity contribution is 0.0908. The van der Waals surface area contributed by atoms with Crippen LogP contribution in [0.5, 0.6) is 5.88 Å². The summed E-state index contributed by atoms with van der Waals surface area (Å²) in [7, 11) is 1.71. The number of nitrogens with zero attached hydrogens (tertiary/aromatic N) is 2. The minimum Gasteiger partial charge on any atom is -0.469 e. The Labute approximate surface area is 184 Å². The molecule has 0 saturated carbocycles. The fraction of sp³-hybridized carbons (Fsp3) is 0.261. The van der Waals surface area contributed by atoms with Gasteiger partial charge in [0.05, 0.1) is 5.69 Å². The quantitative estimate of drug-likeness (QED) is 0.361. The molecule has 0 aliphatic heterocycles. The number of ketones is 2. The second-order valence-corrected chi connectivity index (χ2v) is 8.24. The SMILES string of the molecule is Cc1ccc(C(=O)COc2c(C(=O)c3ccc(C)c(C)c3I)c(C)nn2C)cc1. The lowest BCUT2D eigenvalue weighted by atomic mass is 9.99. The van der Waals surface area contributed by atoms with E-state index >= 15 is 0 Å². The van der Waals surface area contributed by atoms with Crippen LogP contribution in [0.3, 0.4) is 0 Å². The van der Waals surface area contributed by atoms with E-state index < -0.39 is 0 Å². The molecule has 0 amide bonds. The van der Waals surface area contributed by atoms with Crippen molar-refractivity contribution in [3.63, 3.8) is 0 Å². The molecule has 0 radical (unpaired) electrons. The lowest BCUT2D eigenvalue weighted by Gasteiger charge is -2.11. The standard InChI is InChI=1S/C23H23IN2O3/c1-13-6-9-17(10-7-13)19(27)12-29-23-20(16(4)25-26(23)5)22(28)18-11-8-14(2)15(3)21(18)24/h6-11H,12H2,1-5H3. The molecule has 150 valence electrons. The molecule has 0 aliphatic carbocycles. The van der Waals surface area contributed by atoms with Gasteiger partial charge in [-0.15, -0.1) is 0 Å². The Bertz CT molecular complexity index is 1100. The average molecular weight is 502 g/mol. The van der Waals surface area contributed by atoms with Crippen LogP contribution in [0, 0.1) is 31.3 Å². The van der Waals surface area contributed by atoms with Crippen molar-refractivity contribution in [1.29, 1.82) is 0 Å². The summed E-state index contributed by atoms with van der Waals surface area (Å²) in [6.45, 7) is 7.60. The van der Waals surface area contributed by atoms with Crippen LogP contribution in [-0.4, -0.2) is 28.0 Å². The summed E-state index contributed by atoms with van der Waals surface area (Å²) in [6, 6.07) is 11.1. The van der Waals surface area contributed by atoms with Gasteiger partial charge in [0, 0.05) is 21.7 Å². The minimum atomic E-state index is -0.160. The number of carbonyl (C=O) groups excluding carboxylic acids is 2. The third kappa shape index (κ3) is 4.27. The van der Waals surface area contributed by atoms with E-state index in [4.69, 9.17) is 4.74 Å². The van der Waals surface area contributed by atoms with Crippen LogP contribution in [0.15, 0.2) is 36.4 Å². The zero-order valence-electron chi connectivity index (χ0n) is 17.2. The summed E-state index contributed by atoms with van der Waals surface area (Å²) < 4.78 is 8.23. The maximum absolute atomic E-state index is 13.3. The number of ether oxygens (including phenoxy) is 1. The Morgan fingerprint density at radius 2 is 1.69 bits per heavy atom. The summed E-state index contributed by atoms with van der Waals surface area (Å²) in [5.74, 6) is 0.00545. The van der Waals surface area contributed by atoms with Crippen LogP contribution < -0.4 is 4.74 Å². The highest BCUT2D eigenvalue weighted by atomic mass is 127. The first-order valence-electron chi connectivity index (χ1n) is 9.27. The van der Waals surface area contributed by atoms with E-state index in [1.807, 2.05) is 45.0 Å². The highest BCUT2D eigenvalue weighted by molar-refractivity contribution is 14.1. The van der Waals surface area contributed by atoms with Gasteiger partial charge in [0.2, 0.25) is 11.7 Å². The molecule has 0 fully saturated rings. The molecule has 6 heteroatoms. The Morgan fingerprint density at radius 3 is 2.34 bits per heavy atom. The Hall–Kier alpha value is -2.48. The van der Waals surface area contributed by atoms with E-state index in [1.165, 1.54) is 4.68 Å². The monoisotopic (exact) mass is 502 g/mol. The van der Waals surface area contributed by atoms with Crippen molar-refractivity contribution >= 4 is 34.2 Å². The molecule has 1 heterocycles. The number of benzene rings is 2. The third-order valence-corrected chi connectivity index (χ3v) is 6.40. The van der Waals surface area contributed by atoms with Gasteiger partial charge in [-0.25, -0.2) is 4.68 Å². The summed E-state index contributed by atoms with van der Waals surface area (Å²) in [6.07, 6.45) is 0. The molecule has 3 aromatic rings. The molecule has 5 nitrogen and oxygen atoms in total. The van der Waals surface area contributed by atoms with Gasteiger partial charge in [0.25, 0.3) is 0 Å². The van der Waals surface area contributed by atoms with Gasteiger partial charge in [0.15, 0.2) is 12.4 Å². The number of hydrogen-bond donors (Lipinski definition) is 0. The van der Waals surface area contributed by atoms with Gasteiger partial charge < -0.3 is 4.74 Å². The summed E-state index contributed by atoms with van der Waals surface area (Å²) in [4.78, 5) is 25.8. The van der Waals surface area contributed by atoms with E-state index in [-0.39, 0.29) is 18.2 Å². The highest BCUT2D eigenvalue weighted by Gasteiger charge is 2.25. The van der Waals surface area contributed by atoms with Crippen LogP contribution in [0.1, 0.15) is 48.7 Å². The number of rotatable bonds is 6. The maximum Gasteiger partial charge on any atom is 0.223 e. The molecule has 1 aromatic heterocycles. The zero-order valence-corrected chi connectivity index (χ0v) is 19.3. The number of Topliss-reactive ketones (excluding diaryl/α,β-unsaturated/α-hetero) is 1. The second-order valence-electron chi connectivity index (χ2n) is 7.17. The van der Waals surface area contributed by atoms with Gasteiger partial charge >= 0.3 is 0 Å². The smallest absolute Gasteiger partial charge is 0.223 e. The Kier molecular flexibility index (Phi) is 6.21. The predicted octanol–water partition coefficient (Wildman–Crippen LogP) is 4.75. The first-order valence-corrected chi connectivity index (χ1v) is 10.3. The predicted molar refractivity (Wildman–Crippen MR) is 121 cm³/mol. The van der Waals surface area contributed by atoms with Gasteiger partial charge in [-0.2, -0.15) is 5.10 Å². The second kappa shape index (κ2) is 8.49. The third-order valence-electron chi connectivity index (χ3n) is 5.01. The highest BCUT2D eigenvalue weighted by Crippen LogP contribution is 2.28. The first kappa shape index (κ1) is 21.2. The average Bonchev–Trinajstić information content (AvgIpc) is 2.97. The van der Waals surface area contributed by atoms with Gasteiger partial charge in [-0.3, -0.25) is 9.59 Å². The number of aryl methyl sites for hydroxylation is 4. The fourth-order valence-electron chi connectivity index (χ4n) is 3.11. The van der Waals surface area contributed by atoms with E-state index in [2.05, 4.69) is 27.7 Å². The molecular formula is C23H23IN2O3. The van der Waals surface area contributed by atoms with Crippen molar-refractivity contribution in [3.05, 3.63) is 79.0 Å². The zero-order chi connectivity index (χ0) is 21.3. The van der Waals surface area contributed by atoms with Crippen LogP contribution >= 0.6 is 22.6 Å². The number of carbonyl (C=O) groups is 2. The van der Waals surface area contributed by atoms with Crippen LogP contribution in [0.2, 0.25) is 0 Å². The Morgan fingerprint density at radius 1 is 1.03 bits per heavy atom. The molecule has 0 spiro atoms. The van der Waals surface area contributed by atoms with Crippen LogP contribution in [0.4, 0.5) is 0 Å². The molecular weight excluding hydrogens is 479 g/mol. The summed E-state index contributed by atoms with van der Waals surface area (Å²) in [5.41, 5.74) is 5.45. The minimum absolute atomic E-state index is 0.150. The molecule has 3 rings (SSSR count). The van der Waals surface area contributed by atoms with Crippen LogP contribution in [0.25, 0.3) is 0 Å². The number of hydrogen-bond acceptors (Lipinski definition) is 4. The topological polar surface area (TPSA) is 61.2 Å². The molecule has 0 aliphatic rings. The van der Waals surface area contributed by atoms with Gasteiger partial charge in [-0.05, 0) is 67.5 Å². The normalized spacial score (nSPS) is 10.8. The van der Waals surface area contributed by atoms with Crippen molar-refractivity contribution in [2.75, 3.05) is 6.61 Å². The van der Waals surface area contributed by atoms with Crippen molar-refractivity contribution in [2.24, 2.45) is 7.05 Å². The van der Waals surface area contributed by atoms with Crippen molar-refractivity contribution in [1.82, 2.24) is 9.78 Å². The molecule has 2 aromatic carbocycles. The molecule has 0 bridgehead atoms. The number of aromatic nitrogens is 2. The van der Waals surface area contributed by atoms with E-state index in [0.29, 0.717) is 28.3 Å². The van der Waals surface area contributed by atoms with E-state index in [9.17, 15) is 9.59 Å². The lowest BCUT2D eigenvalue weighted by Crippen LogP contribution is -2.15. The summed E-state index contributed by atoms with van der Waals surface area (Å²) >= 11 is 2.20. The van der Waals surface area contributed by atoms with Crippen molar-refractivity contribution in [3.8, 4) is 5.88 Å². The molecule has 0 saturated heterocycles. The van der Waals surface area contributed by atoms with Gasteiger partial charge in [0.1, 0.15) is 5.56 Å². The Balaban J connectivity index is 1.90.